The third-order valence-corrected chi connectivity index (χ3v) is 2.90. The molecule has 0 aromatic heterocycles. The molecule has 0 aromatic rings. The third-order valence-electron chi connectivity index (χ3n) is 2.90. The van der Waals surface area contributed by atoms with E-state index in [1.54, 1.807) is 0 Å². The number of rotatable bonds is 4. The second-order valence-corrected chi connectivity index (χ2v) is 4.22. The molecule has 0 radical (unpaired) electrons. The van der Waals surface area contributed by atoms with E-state index < -0.39 is 23.8 Å². The molecule has 1 aliphatic rings. The lowest BCUT2D eigenvalue weighted by Crippen LogP contribution is -2.39. The number of alkyl halides is 1. The molecule has 0 saturated carbocycles. The zero-order valence-corrected chi connectivity index (χ0v) is 9.15. The van der Waals surface area contributed by atoms with Crippen molar-refractivity contribution in [3.8, 4) is 0 Å². The highest BCUT2D eigenvalue weighted by atomic mass is 19.1. The Morgan fingerprint density at radius 3 is 2.50 bits per heavy atom. The zero-order chi connectivity index (χ0) is 12.3. The van der Waals surface area contributed by atoms with E-state index in [-0.39, 0.29) is 19.4 Å². The van der Waals surface area contributed by atoms with Gasteiger partial charge in [-0.1, -0.05) is 19.8 Å². The van der Waals surface area contributed by atoms with Crippen molar-refractivity contribution >= 4 is 12.1 Å². The summed E-state index contributed by atoms with van der Waals surface area (Å²) in [6.07, 6.45) is 0.0433. The Bertz CT molecular complexity index is 273. The molecule has 5 nitrogen and oxygen atoms in total. The summed E-state index contributed by atoms with van der Waals surface area (Å²) in [7, 11) is 0. The summed E-state index contributed by atoms with van der Waals surface area (Å²) < 4.78 is 14.2. The molecule has 6 heteroatoms. The smallest absolute Gasteiger partial charge is 0.408 e. The first kappa shape index (κ1) is 12.7. The number of nitrogens with zero attached hydrogens (tertiary/aromatic N) is 1. The number of carboxylic acids is 1. The number of amides is 1. The molecule has 1 saturated heterocycles. The maximum Gasteiger partial charge on any atom is 0.408 e. The first-order valence-corrected chi connectivity index (χ1v) is 5.31. The molecular weight excluding hydrogens is 217 g/mol. The third kappa shape index (κ3) is 2.62. The van der Waals surface area contributed by atoms with Gasteiger partial charge in [-0.25, -0.2) is 14.0 Å². The van der Waals surface area contributed by atoms with Crippen LogP contribution in [0.2, 0.25) is 0 Å². The molecule has 2 atom stereocenters. The van der Waals surface area contributed by atoms with E-state index in [2.05, 4.69) is 0 Å². The summed E-state index contributed by atoms with van der Waals surface area (Å²) in [5.41, 5.74) is -1.68. The molecule has 0 aliphatic carbocycles. The standard InChI is InChI=1S/C10H16FNO4/c1-2-3-4-10(11)5-7(8(13)14)12(6-10)9(15)16/h7H,2-6H2,1H3,(H,13,14)(H,15,16). The van der Waals surface area contributed by atoms with E-state index in [4.69, 9.17) is 10.2 Å². The minimum Gasteiger partial charge on any atom is -0.480 e. The van der Waals surface area contributed by atoms with E-state index in [0.29, 0.717) is 11.3 Å². The molecule has 1 rings (SSSR count). The van der Waals surface area contributed by atoms with Crippen LogP contribution in [0.4, 0.5) is 9.18 Å². The molecule has 1 fully saturated rings. The minimum atomic E-state index is -1.68. The van der Waals surface area contributed by atoms with Crippen molar-refractivity contribution in [2.45, 2.75) is 44.3 Å². The van der Waals surface area contributed by atoms with Crippen LogP contribution in [0, 0.1) is 0 Å². The number of hydrogen-bond donors (Lipinski definition) is 2. The van der Waals surface area contributed by atoms with Gasteiger partial charge in [0.2, 0.25) is 0 Å². The number of unbranched alkanes of at least 4 members (excludes halogenated alkanes) is 1. The molecule has 2 N–H and O–H groups in total. The van der Waals surface area contributed by atoms with Gasteiger partial charge in [-0.2, -0.15) is 0 Å². The summed E-state index contributed by atoms with van der Waals surface area (Å²) in [5.74, 6) is -1.28. The zero-order valence-electron chi connectivity index (χ0n) is 9.15. The van der Waals surface area contributed by atoms with Gasteiger partial charge in [-0.3, -0.25) is 4.90 Å². The fraction of sp³-hybridized carbons (Fsp3) is 0.800. The summed E-state index contributed by atoms with van der Waals surface area (Å²) in [6.45, 7) is 1.57. The lowest BCUT2D eigenvalue weighted by atomic mass is 9.96. The number of carbonyl (C=O) groups is 2. The molecule has 0 spiro atoms. The van der Waals surface area contributed by atoms with Gasteiger partial charge in [-0.05, 0) is 6.42 Å². The molecular formula is C10H16FNO4. The van der Waals surface area contributed by atoms with E-state index in [1.165, 1.54) is 0 Å². The molecule has 92 valence electrons. The molecule has 2 unspecified atom stereocenters. The normalized spacial score (nSPS) is 29.4. The SMILES string of the molecule is CCCCC1(F)CC(C(=O)O)N(C(=O)O)C1. The van der Waals surface area contributed by atoms with E-state index in [1.807, 2.05) is 6.92 Å². The van der Waals surface area contributed by atoms with Gasteiger partial charge in [0, 0.05) is 6.42 Å². The fourth-order valence-corrected chi connectivity index (χ4v) is 2.03. The Labute approximate surface area is 92.9 Å². The van der Waals surface area contributed by atoms with Gasteiger partial charge in [0.05, 0.1) is 6.54 Å². The molecule has 1 amide bonds. The monoisotopic (exact) mass is 233 g/mol. The van der Waals surface area contributed by atoms with E-state index in [9.17, 15) is 14.0 Å². The topological polar surface area (TPSA) is 77.8 Å². The van der Waals surface area contributed by atoms with Crippen LogP contribution >= 0.6 is 0 Å². The lowest BCUT2D eigenvalue weighted by Gasteiger charge is -2.19. The van der Waals surface area contributed by atoms with E-state index >= 15 is 0 Å². The summed E-state index contributed by atoms with van der Waals surface area (Å²) in [6, 6.07) is -1.25. The summed E-state index contributed by atoms with van der Waals surface area (Å²) in [4.78, 5) is 22.3. The van der Waals surface area contributed by atoms with Crippen LogP contribution in [-0.4, -0.2) is 45.4 Å². The number of halogens is 1. The quantitative estimate of drug-likeness (QED) is 0.775. The highest BCUT2D eigenvalue weighted by molar-refractivity contribution is 5.80. The van der Waals surface area contributed by atoms with Crippen LogP contribution in [0.5, 0.6) is 0 Å². The second-order valence-electron chi connectivity index (χ2n) is 4.22. The number of hydrogen-bond acceptors (Lipinski definition) is 2. The second kappa shape index (κ2) is 4.67. The molecule has 16 heavy (non-hydrogen) atoms. The lowest BCUT2D eigenvalue weighted by molar-refractivity contribution is -0.141. The van der Waals surface area contributed by atoms with Crippen LogP contribution in [0.15, 0.2) is 0 Å². The first-order valence-electron chi connectivity index (χ1n) is 5.31. The largest absolute Gasteiger partial charge is 0.480 e. The van der Waals surface area contributed by atoms with Gasteiger partial charge in [-0.15, -0.1) is 0 Å². The number of carboxylic acid groups (broad SMARTS) is 2. The Kier molecular flexibility index (Phi) is 3.72. The predicted octanol–water partition coefficient (Wildman–Crippen LogP) is 1.72. The Hall–Kier alpha value is -1.33. The van der Waals surface area contributed by atoms with Crippen molar-refractivity contribution in [1.82, 2.24) is 4.90 Å². The van der Waals surface area contributed by atoms with Crippen LogP contribution in [0.1, 0.15) is 32.6 Å². The number of aliphatic carboxylic acids is 1. The van der Waals surface area contributed by atoms with Gasteiger partial charge < -0.3 is 10.2 Å². The summed E-state index contributed by atoms with van der Waals surface area (Å²) in [5, 5.41) is 17.6. The van der Waals surface area contributed by atoms with Crippen LogP contribution in [0.3, 0.4) is 0 Å². The highest BCUT2D eigenvalue weighted by Gasteiger charge is 2.49. The molecule has 0 bridgehead atoms. The Morgan fingerprint density at radius 2 is 2.12 bits per heavy atom. The highest BCUT2D eigenvalue weighted by Crippen LogP contribution is 2.35. The van der Waals surface area contributed by atoms with Crippen molar-refractivity contribution < 1.29 is 24.2 Å². The molecule has 0 aromatic carbocycles. The number of likely N-dealkylation sites (tertiary alicyclic amines) is 1. The van der Waals surface area contributed by atoms with Crippen molar-refractivity contribution in [2.24, 2.45) is 0 Å². The van der Waals surface area contributed by atoms with Crippen LogP contribution in [0.25, 0.3) is 0 Å². The van der Waals surface area contributed by atoms with Gasteiger partial charge in [0.25, 0.3) is 0 Å². The fourth-order valence-electron chi connectivity index (χ4n) is 2.03. The minimum absolute atomic E-state index is 0.219. The van der Waals surface area contributed by atoms with Crippen molar-refractivity contribution in [1.29, 1.82) is 0 Å². The van der Waals surface area contributed by atoms with Crippen molar-refractivity contribution in [3.63, 3.8) is 0 Å². The molecule has 1 heterocycles. The average molecular weight is 233 g/mol. The average Bonchev–Trinajstić information content (AvgIpc) is 2.55. The van der Waals surface area contributed by atoms with Gasteiger partial charge >= 0.3 is 12.1 Å². The predicted molar refractivity (Wildman–Crippen MR) is 54.1 cm³/mol. The van der Waals surface area contributed by atoms with Crippen molar-refractivity contribution in [3.05, 3.63) is 0 Å². The van der Waals surface area contributed by atoms with Crippen molar-refractivity contribution in [2.75, 3.05) is 6.54 Å². The maximum absolute atomic E-state index is 14.2. The van der Waals surface area contributed by atoms with Crippen LogP contribution < -0.4 is 0 Å². The van der Waals surface area contributed by atoms with E-state index in [0.717, 1.165) is 6.42 Å². The van der Waals surface area contributed by atoms with Gasteiger partial charge in [0.15, 0.2) is 0 Å². The first-order chi connectivity index (χ1) is 7.39. The van der Waals surface area contributed by atoms with Gasteiger partial charge in [0.1, 0.15) is 11.7 Å². The van der Waals surface area contributed by atoms with Crippen LogP contribution in [-0.2, 0) is 4.79 Å². The Balaban J connectivity index is 2.75. The molecule has 1 aliphatic heterocycles. The summed E-state index contributed by atoms with van der Waals surface area (Å²) >= 11 is 0. The maximum atomic E-state index is 14.2. The Morgan fingerprint density at radius 1 is 1.50 bits per heavy atom.